The Bertz CT molecular complexity index is 1210. The van der Waals surface area contributed by atoms with Crippen molar-refractivity contribution in [1.29, 1.82) is 0 Å². The van der Waals surface area contributed by atoms with Crippen LogP contribution < -0.4 is 0 Å². The lowest BCUT2D eigenvalue weighted by atomic mass is 9.83. The molecule has 2 aliphatic rings. The highest BCUT2D eigenvalue weighted by atomic mass is 19.1. The van der Waals surface area contributed by atoms with Gasteiger partial charge in [-0.15, -0.1) is 0 Å². The van der Waals surface area contributed by atoms with Gasteiger partial charge in [0.05, 0.1) is 31.3 Å². The fourth-order valence-electron chi connectivity index (χ4n) is 4.89. The molecule has 0 bridgehead atoms. The maximum atomic E-state index is 15.9. The number of hydrogen-bond donors (Lipinski definition) is 0. The fourth-order valence-corrected chi connectivity index (χ4v) is 4.89. The van der Waals surface area contributed by atoms with E-state index in [-0.39, 0.29) is 19.6 Å². The smallest absolute Gasteiger partial charge is 0.303 e. The number of esters is 2. The van der Waals surface area contributed by atoms with Crippen LogP contribution in [0.5, 0.6) is 0 Å². The zero-order valence-corrected chi connectivity index (χ0v) is 22.5. The predicted octanol–water partition coefficient (Wildman–Crippen LogP) is 4.59. The van der Waals surface area contributed by atoms with Gasteiger partial charge >= 0.3 is 11.9 Å². The zero-order valence-electron chi connectivity index (χ0n) is 22.5. The molecule has 10 atom stereocenters. The number of benzene rings is 1. The van der Waals surface area contributed by atoms with Gasteiger partial charge in [-0.25, -0.2) is 4.39 Å². The zero-order chi connectivity index (χ0) is 29.9. The summed E-state index contributed by atoms with van der Waals surface area (Å²) in [6.45, 7) is 3.57. The molecule has 3 rings (SSSR count). The largest absolute Gasteiger partial charge is 0.458 e. The first kappa shape index (κ1) is 31.4. The van der Waals surface area contributed by atoms with E-state index in [1.807, 2.05) is 6.07 Å². The second-order valence-electron chi connectivity index (χ2n) is 9.55. The number of ether oxygens (including phenoxy) is 5. The number of hydrogen-bond acceptors (Lipinski definition) is 10. The van der Waals surface area contributed by atoms with Crippen LogP contribution in [0, 0.1) is 5.92 Å². The second-order valence-corrected chi connectivity index (χ2v) is 9.55. The molecule has 0 aromatic heterocycles. The van der Waals surface area contributed by atoms with Crippen molar-refractivity contribution < 1.29 is 37.7 Å². The van der Waals surface area contributed by atoms with Crippen LogP contribution in [-0.4, -0.2) is 73.5 Å². The van der Waals surface area contributed by atoms with Crippen molar-refractivity contribution in [3.63, 3.8) is 0 Å². The van der Waals surface area contributed by atoms with Crippen LogP contribution in [0.15, 0.2) is 45.7 Å². The lowest BCUT2D eigenvalue weighted by molar-refractivity contribution is -0.311. The highest BCUT2D eigenvalue weighted by Crippen LogP contribution is 2.37. The lowest BCUT2D eigenvalue weighted by Gasteiger charge is -2.47. The van der Waals surface area contributed by atoms with E-state index >= 15 is 4.39 Å². The summed E-state index contributed by atoms with van der Waals surface area (Å²) in [5.74, 6) is -2.34. The van der Waals surface area contributed by atoms with Crippen LogP contribution in [0.4, 0.5) is 4.39 Å². The summed E-state index contributed by atoms with van der Waals surface area (Å²) < 4.78 is 44.8. The van der Waals surface area contributed by atoms with Gasteiger partial charge in [-0.3, -0.25) is 9.59 Å². The maximum Gasteiger partial charge on any atom is 0.303 e. The van der Waals surface area contributed by atoms with E-state index in [9.17, 15) is 15.1 Å². The molecule has 41 heavy (non-hydrogen) atoms. The predicted molar refractivity (Wildman–Crippen MR) is 138 cm³/mol. The minimum atomic E-state index is -1.66. The molecule has 220 valence electrons. The van der Waals surface area contributed by atoms with Crippen molar-refractivity contribution in [2.75, 3.05) is 6.54 Å². The third-order valence-electron chi connectivity index (χ3n) is 6.77. The quantitative estimate of drug-likeness (QED) is 0.157. The molecule has 1 aliphatic heterocycles. The third-order valence-corrected chi connectivity index (χ3v) is 6.77. The normalized spacial score (nSPS) is 32.8. The van der Waals surface area contributed by atoms with Crippen molar-refractivity contribution in [2.24, 2.45) is 21.3 Å². The molecule has 16 nitrogen and oxygen atoms in total. The lowest BCUT2D eigenvalue weighted by Crippen LogP contribution is -2.62. The Morgan fingerprint density at radius 3 is 2.15 bits per heavy atom. The number of nitrogens with zero attached hydrogens (tertiary/aromatic N) is 9. The fraction of sp³-hybridized carbons (Fsp3) is 0.667. The highest BCUT2D eigenvalue weighted by molar-refractivity contribution is 5.67. The van der Waals surface area contributed by atoms with Crippen LogP contribution in [0.2, 0.25) is 0 Å². The third kappa shape index (κ3) is 8.21. The molecule has 1 aliphatic carbocycles. The number of alkyl halides is 1. The van der Waals surface area contributed by atoms with Crippen molar-refractivity contribution in [1.82, 2.24) is 0 Å². The van der Waals surface area contributed by atoms with E-state index in [4.69, 9.17) is 34.7 Å². The molecular formula is C24H30FN9O7. The van der Waals surface area contributed by atoms with Gasteiger partial charge < -0.3 is 23.7 Å². The summed E-state index contributed by atoms with van der Waals surface area (Å²) in [5, 5.41) is 10.9. The van der Waals surface area contributed by atoms with Gasteiger partial charge in [-0.05, 0) is 28.6 Å². The van der Waals surface area contributed by atoms with Crippen molar-refractivity contribution >= 4 is 11.9 Å². The van der Waals surface area contributed by atoms with Gasteiger partial charge in [0.15, 0.2) is 12.4 Å². The van der Waals surface area contributed by atoms with Gasteiger partial charge in [0.25, 0.3) is 0 Å². The first-order valence-corrected chi connectivity index (χ1v) is 12.7. The highest BCUT2D eigenvalue weighted by Gasteiger charge is 2.53. The van der Waals surface area contributed by atoms with Crippen molar-refractivity contribution in [3.05, 3.63) is 67.2 Å². The number of carbonyl (C=O) groups excluding carboxylic acids is 2. The topological polar surface area (TPSA) is 227 Å². The molecule has 1 saturated heterocycles. The Morgan fingerprint density at radius 2 is 1.56 bits per heavy atom. The average molecular weight is 576 g/mol. The minimum absolute atomic E-state index is 0.00424. The Balaban J connectivity index is 2.01. The maximum absolute atomic E-state index is 15.9. The van der Waals surface area contributed by atoms with Crippen LogP contribution in [-0.2, 0) is 39.9 Å². The standard InChI is InChI=1S/C24H30FN9O7/c1-12-18(10-29-32-26)40-24(22(19(12)25)37-11-15-7-5-4-6-8-15)41-21-17(31-34-28)9-16(30-33-27)20(38-13(2)35)23(21)39-14(3)36/h4-8,12,16-24H,9-11H2,1-3H3. The molecule has 0 amide bonds. The first-order valence-electron chi connectivity index (χ1n) is 12.7. The first-order chi connectivity index (χ1) is 19.7. The van der Waals surface area contributed by atoms with Gasteiger partial charge in [0.1, 0.15) is 24.5 Å². The SMILES string of the molecule is CC(=O)OC1C(N=[N+]=[N-])CC(N=[N+]=[N-])C(OC2OC(CN=[N+]=[N-])C(C)C(F)C2OCc2ccccc2)C1OC(C)=O. The van der Waals surface area contributed by atoms with Gasteiger partial charge in [0, 0.05) is 34.5 Å². The van der Waals surface area contributed by atoms with Gasteiger partial charge in [-0.2, -0.15) is 0 Å². The minimum Gasteiger partial charge on any atom is -0.458 e. The Morgan fingerprint density at radius 1 is 0.951 bits per heavy atom. The molecule has 10 unspecified atom stereocenters. The molecule has 1 aromatic rings. The molecule has 0 spiro atoms. The van der Waals surface area contributed by atoms with Crippen LogP contribution >= 0.6 is 0 Å². The van der Waals surface area contributed by atoms with E-state index < -0.39 is 72.9 Å². The monoisotopic (exact) mass is 575 g/mol. The Hall–Kier alpha value is -4.10. The van der Waals surface area contributed by atoms with Crippen LogP contribution in [0.1, 0.15) is 32.8 Å². The Kier molecular flexibility index (Phi) is 11.5. The summed E-state index contributed by atoms with van der Waals surface area (Å²) in [5.41, 5.74) is 27.9. The summed E-state index contributed by atoms with van der Waals surface area (Å²) in [4.78, 5) is 32.4. The molecule has 1 heterocycles. The van der Waals surface area contributed by atoms with E-state index in [1.165, 1.54) is 0 Å². The average Bonchev–Trinajstić information content (AvgIpc) is 2.93. The van der Waals surface area contributed by atoms with E-state index in [0.717, 1.165) is 19.4 Å². The van der Waals surface area contributed by atoms with Gasteiger partial charge in [0.2, 0.25) is 0 Å². The molecule has 17 heteroatoms. The molecule has 2 fully saturated rings. The summed E-state index contributed by atoms with van der Waals surface area (Å²) >= 11 is 0. The summed E-state index contributed by atoms with van der Waals surface area (Å²) in [7, 11) is 0. The number of halogens is 1. The molecule has 1 saturated carbocycles. The number of azide groups is 3. The summed E-state index contributed by atoms with van der Waals surface area (Å²) in [6.07, 6.45) is -9.65. The van der Waals surface area contributed by atoms with Crippen LogP contribution in [0.3, 0.4) is 0 Å². The van der Waals surface area contributed by atoms with E-state index in [0.29, 0.717) is 0 Å². The molecule has 0 N–H and O–H groups in total. The number of rotatable bonds is 11. The second kappa shape index (κ2) is 15.1. The van der Waals surface area contributed by atoms with Crippen LogP contribution in [0.25, 0.3) is 31.3 Å². The van der Waals surface area contributed by atoms with E-state index in [2.05, 4.69) is 30.1 Å². The van der Waals surface area contributed by atoms with E-state index in [1.54, 1.807) is 31.2 Å². The van der Waals surface area contributed by atoms with Crippen molar-refractivity contribution in [2.45, 2.75) is 88.9 Å². The summed E-state index contributed by atoms with van der Waals surface area (Å²) in [6, 6.07) is 6.76. The Labute approximate surface area is 233 Å². The van der Waals surface area contributed by atoms with Gasteiger partial charge in [-0.1, -0.05) is 52.6 Å². The van der Waals surface area contributed by atoms with Crippen molar-refractivity contribution in [3.8, 4) is 0 Å². The number of carbonyl (C=O) groups is 2. The molecular weight excluding hydrogens is 545 g/mol. The molecule has 0 radical (unpaired) electrons. The molecule has 1 aromatic carbocycles.